The number of aliphatic hydroxyl groups excluding tert-OH is 2. The van der Waals surface area contributed by atoms with Gasteiger partial charge in [-0.25, -0.2) is 0 Å². The lowest BCUT2D eigenvalue weighted by molar-refractivity contribution is 0.139. The van der Waals surface area contributed by atoms with Crippen LogP contribution in [0.5, 0.6) is 0 Å². The second-order valence-electron chi connectivity index (χ2n) is 8.53. The molecular formula is C21H44O2. The van der Waals surface area contributed by atoms with Crippen LogP contribution in [-0.2, 0) is 0 Å². The van der Waals surface area contributed by atoms with E-state index in [4.69, 9.17) is 0 Å². The molecule has 4 atom stereocenters. The summed E-state index contributed by atoms with van der Waals surface area (Å²) in [5, 5.41) is 18.5. The van der Waals surface area contributed by atoms with Crippen LogP contribution in [0.25, 0.3) is 0 Å². The first kappa shape index (κ1) is 22.9. The van der Waals surface area contributed by atoms with Crippen molar-refractivity contribution in [2.24, 2.45) is 29.1 Å². The van der Waals surface area contributed by atoms with Crippen molar-refractivity contribution in [1.29, 1.82) is 0 Å². The molecule has 0 bridgehead atoms. The maximum atomic E-state index is 9.24. The number of aliphatic hydroxyl groups is 2. The van der Waals surface area contributed by atoms with Crippen LogP contribution < -0.4 is 0 Å². The summed E-state index contributed by atoms with van der Waals surface area (Å²) in [6.45, 7) is 14.7. The minimum atomic E-state index is 0.321. The Morgan fingerprint density at radius 2 is 1.30 bits per heavy atom. The smallest absolute Gasteiger partial charge is 0.0433 e. The van der Waals surface area contributed by atoms with Crippen LogP contribution in [0.4, 0.5) is 0 Å². The molecule has 0 amide bonds. The van der Waals surface area contributed by atoms with E-state index in [1.807, 2.05) is 0 Å². The average Bonchev–Trinajstić information content (AvgIpc) is 2.51. The zero-order valence-electron chi connectivity index (χ0n) is 16.8. The van der Waals surface area contributed by atoms with Gasteiger partial charge in [0.2, 0.25) is 0 Å². The highest BCUT2D eigenvalue weighted by Crippen LogP contribution is 2.39. The first-order valence-electron chi connectivity index (χ1n) is 10.0. The van der Waals surface area contributed by atoms with Gasteiger partial charge in [-0.1, -0.05) is 60.8 Å². The third kappa shape index (κ3) is 9.72. The van der Waals surface area contributed by atoms with Gasteiger partial charge in [-0.2, -0.15) is 0 Å². The van der Waals surface area contributed by atoms with Gasteiger partial charge in [0.1, 0.15) is 0 Å². The van der Waals surface area contributed by atoms with Crippen molar-refractivity contribution >= 4 is 0 Å². The Bertz CT molecular complexity index is 275. The summed E-state index contributed by atoms with van der Waals surface area (Å²) in [6.07, 6.45) is 9.25. The summed E-state index contributed by atoms with van der Waals surface area (Å²) in [4.78, 5) is 0. The molecule has 0 fully saturated rings. The Labute approximate surface area is 146 Å². The molecule has 0 heterocycles. The van der Waals surface area contributed by atoms with E-state index in [-0.39, 0.29) is 0 Å². The lowest BCUT2D eigenvalue weighted by Gasteiger charge is -2.36. The molecule has 0 radical (unpaired) electrons. The quantitative estimate of drug-likeness (QED) is 0.432. The van der Waals surface area contributed by atoms with E-state index in [0.717, 1.165) is 24.7 Å². The summed E-state index contributed by atoms with van der Waals surface area (Å²) in [5.74, 6) is 2.82. The Hall–Kier alpha value is -0.0800. The number of rotatable bonds is 14. The molecule has 0 aromatic rings. The minimum absolute atomic E-state index is 0.321. The topological polar surface area (TPSA) is 40.5 Å². The van der Waals surface area contributed by atoms with Crippen LogP contribution in [0.3, 0.4) is 0 Å². The molecule has 4 unspecified atom stereocenters. The SMILES string of the molecule is CCC(CCO)CC(C)C(CC)CC(C)(C)CC(CC)CCO. The average molecular weight is 329 g/mol. The van der Waals surface area contributed by atoms with Crippen molar-refractivity contribution in [3.05, 3.63) is 0 Å². The largest absolute Gasteiger partial charge is 0.396 e. The van der Waals surface area contributed by atoms with Gasteiger partial charge < -0.3 is 10.2 Å². The summed E-state index contributed by atoms with van der Waals surface area (Å²) in [5.41, 5.74) is 0.351. The fraction of sp³-hybridized carbons (Fsp3) is 1.00. The van der Waals surface area contributed by atoms with E-state index in [1.165, 1.54) is 38.5 Å². The van der Waals surface area contributed by atoms with Crippen LogP contribution in [0.2, 0.25) is 0 Å². The molecule has 0 saturated carbocycles. The van der Waals surface area contributed by atoms with Crippen molar-refractivity contribution < 1.29 is 10.2 Å². The summed E-state index contributed by atoms with van der Waals surface area (Å²) in [6, 6.07) is 0. The molecule has 0 aromatic heterocycles. The molecule has 2 nitrogen and oxygen atoms in total. The zero-order chi connectivity index (χ0) is 17.9. The maximum Gasteiger partial charge on any atom is 0.0433 e. The van der Waals surface area contributed by atoms with Gasteiger partial charge in [0.05, 0.1) is 0 Å². The van der Waals surface area contributed by atoms with Gasteiger partial charge in [0.25, 0.3) is 0 Å². The minimum Gasteiger partial charge on any atom is -0.396 e. The van der Waals surface area contributed by atoms with Crippen LogP contribution in [0.1, 0.15) is 92.9 Å². The van der Waals surface area contributed by atoms with Crippen molar-refractivity contribution in [1.82, 2.24) is 0 Å². The molecule has 0 aliphatic carbocycles. The molecule has 0 aromatic carbocycles. The molecule has 140 valence electrons. The third-order valence-electron chi connectivity index (χ3n) is 5.92. The lowest BCUT2D eigenvalue weighted by atomic mass is 9.70. The fourth-order valence-corrected chi connectivity index (χ4v) is 4.35. The first-order chi connectivity index (χ1) is 10.8. The zero-order valence-corrected chi connectivity index (χ0v) is 16.8. The van der Waals surface area contributed by atoms with Gasteiger partial charge in [-0.15, -0.1) is 0 Å². The second kappa shape index (κ2) is 12.3. The van der Waals surface area contributed by atoms with Gasteiger partial charge in [-0.3, -0.25) is 0 Å². The molecule has 0 aliphatic rings. The van der Waals surface area contributed by atoms with Crippen molar-refractivity contribution in [2.75, 3.05) is 13.2 Å². The molecule has 0 spiro atoms. The van der Waals surface area contributed by atoms with Crippen LogP contribution in [0, 0.1) is 29.1 Å². The molecule has 0 saturated heterocycles. The highest BCUT2D eigenvalue weighted by molar-refractivity contribution is 4.79. The van der Waals surface area contributed by atoms with Gasteiger partial charge in [0, 0.05) is 13.2 Å². The van der Waals surface area contributed by atoms with Crippen LogP contribution in [-0.4, -0.2) is 23.4 Å². The Morgan fingerprint density at radius 1 is 0.783 bits per heavy atom. The van der Waals surface area contributed by atoms with E-state index in [0.29, 0.717) is 30.5 Å². The molecular weight excluding hydrogens is 284 g/mol. The molecule has 2 heteroatoms. The molecule has 2 N–H and O–H groups in total. The van der Waals surface area contributed by atoms with Crippen molar-refractivity contribution in [3.63, 3.8) is 0 Å². The van der Waals surface area contributed by atoms with Crippen LogP contribution >= 0.6 is 0 Å². The van der Waals surface area contributed by atoms with Gasteiger partial charge >= 0.3 is 0 Å². The van der Waals surface area contributed by atoms with Gasteiger partial charge in [-0.05, 0) is 61.2 Å². The van der Waals surface area contributed by atoms with Crippen LogP contribution in [0.15, 0.2) is 0 Å². The first-order valence-corrected chi connectivity index (χ1v) is 10.0. The van der Waals surface area contributed by atoms with E-state index < -0.39 is 0 Å². The van der Waals surface area contributed by atoms with Gasteiger partial charge in [0.15, 0.2) is 0 Å². The summed E-state index contributed by atoms with van der Waals surface area (Å²) >= 11 is 0. The summed E-state index contributed by atoms with van der Waals surface area (Å²) < 4.78 is 0. The standard InChI is InChI=1S/C21H44O2/c1-7-18(10-12-22)14-17(4)20(9-3)16-21(5,6)15-19(8-2)11-13-23/h17-20,22-23H,7-16H2,1-6H3. The number of hydrogen-bond acceptors (Lipinski definition) is 2. The van der Waals surface area contributed by atoms with Crippen molar-refractivity contribution in [3.8, 4) is 0 Å². The predicted octanol–water partition coefficient (Wildman–Crippen LogP) is 5.66. The van der Waals surface area contributed by atoms with E-state index in [9.17, 15) is 10.2 Å². The highest BCUT2D eigenvalue weighted by atomic mass is 16.3. The molecule has 0 rings (SSSR count). The Morgan fingerprint density at radius 3 is 1.74 bits per heavy atom. The predicted molar refractivity (Wildman–Crippen MR) is 102 cm³/mol. The third-order valence-corrected chi connectivity index (χ3v) is 5.92. The van der Waals surface area contributed by atoms with E-state index in [1.54, 1.807) is 0 Å². The second-order valence-corrected chi connectivity index (χ2v) is 8.53. The Balaban J connectivity index is 4.63. The highest BCUT2D eigenvalue weighted by Gasteiger charge is 2.29. The van der Waals surface area contributed by atoms with Crippen molar-refractivity contribution in [2.45, 2.75) is 92.9 Å². The molecule has 0 aliphatic heterocycles. The van der Waals surface area contributed by atoms with E-state index >= 15 is 0 Å². The van der Waals surface area contributed by atoms with E-state index in [2.05, 4.69) is 41.5 Å². The normalized spacial score (nSPS) is 17.7. The fourth-order valence-electron chi connectivity index (χ4n) is 4.35. The summed E-state index contributed by atoms with van der Waals surface area (Å²) in [7, 11) is 0. The number of hydrogen-bond donors (Lipinski definition) is 2. The maximum absolute atomic E-state index is 9.24. The lowest BCUT2D eigenvalue weighted by Crippen LogP contribution is -2.25. The Kier molecular flexibility index (Phi) is 12.3. The monoisotopic (exact) mass is 328 g/mol. The molecule has 23 heavy (non-hydrogen) atoms.